The SMILES string of the molecule is O=C(NC1CCC(C(=O)N2CCc3ccccc3CC2)CC1)c1cc(C2CC2)[nH]n1. The molecule has 2 heterocycles. The fourth-order valence-electron chi connectivity index (χ4n) is 4.95. The molecule has 0 bridgehead atoms. The monoisotopic (exact) mass is 406 g/mol. The van der Waals surface area contributed by atoms with E-state index >= 15 is 0 Å². The summed E-state index contributed by atoms with van der Waals surface area (Å²) in [6.45, 7) is 1.63. The highest BCUT2D eigenvalue weighted by Gasteiger charge is 2.31. The quantitative estimate of drug-likeness (QED) is 0.818. The zero-order valence-corrected chi connectivity index (χ0v) is 17.4. The van der Waals surface area contributed by atoms with Crippen LogP contribution < -0.4 is 5.32 Å². The Hall–Kier alpha value is -2.63. The second-order valence-corrected chi connectivity index (χ2v) is 9.10. The second kappa shape index (κ2) is 8.25. The van der Waals surface area contributed by atoms with Crippen molar-refractivity contribution in [2.75, 3.05) is 13.1 Å². The van der Waals surface area contributed by atoms with E-state index < -0.39 is 0 Å². The number of hydrogen-bond donors (Lipinski definition) is 2. The van der Waals surface area contributed by atoms with Crippen LogP contribution >= 0.6 is 0 Å². The van der Waals surface area contributed by atoms with Crippen LogP contribution in [0, 0.1) is 5.92 Å². The molecule has 2 saturated carbocycles. The lowest BCUT2D eigenvalue weighted by Gasteiger charge is -2.32. The third-order valence-corrected chi connectivity index (χ3v) is 6.99. The highest BCUT2D eigenvalue weighted by Crippen LogP contribution is 2.39. The Bertz CT molecular complexity index is 898. The lowest BCUT2D eigenvalue weighted by atomic mass is 9.85. The van der Waals surface area contributed by atoms with Crippen LogP contribution in [-0.4, -0.2) is 46.0 Å². The third-order valence-electron chi connectivity index (χ3n) is 6.99. The summed E-state index contributed by atoms with van der Waals surface area (Å²) in [5, 5.41) is 10.3. The van der Waals surface area contributed by atoms with Crippen molar-refractivity contribution in [1.82, 2.24) is 20.4 Å². The molecule has 6 nitrogen and oxygen atoms in total. The molecule has 1 aliphatic heterocycles. The lowest BCUT2D eigenvalue weighted by Crippen LogP contribution is -2.43. The van der Waals surface area contributed by atoms with Crippen molar-refractivity contribution in [2.24, 2.45) is 5.92 Å². The van der Waals surface area contributed by atoms with Gasteiger partial charge in [0, 0.05) is 36.7 Å². The highest BCUT2D eigenvalue weighted by atomic mass is 16.2. The normalized spacial score (nSPS) is 24.1. The van der Waals surface area contributed by atoms with Gasteiger partial charge in [0.1, 0.15) is 5.69 Å². The second-order valence-electron chi connectivity index (χ2n) is 9.10. The average Bonchev–Trinajstić information content (AvgIpc) is 3.55. The molecule has 0 spiro atoms. The van der Waals surface area contributed by atoms with Gasteiger partial charge in [-0.3, -0.25) is 14.7 Å². The molecule has 1 aromatic heterocycles. The van der Waals surface area contributed by atoms with Crippen LogP contribution in [0.5, 0.6) is 0 Å². The molecule has 1 aromatic carbocycles. The Kier molecular flexibility index (Phi) is 5.32. The van der Waals surface area contributed by atoms with Crippen molar-refractivity contribution < 1.29 is 9.59 Å². The van der Waals surface area contributed by atoms with E-state index in [0.717, 1.165) is 57.3 Å². The molecule has 0 unspecified atom stereocenters. The van der Waals surface area contributed by atoms with Crippen molar-refractivity contribution in [3.8, 4) is 0 Å². The van der Waals surface area contributed by atoms with Gasteiger partial charge in [0.05, 0.1) is 0 Å². The average molecular weight is 407 g/mol. The maximum absolute atomic E-state index is 13.1. The minimum absolute atomic E-state index is 0.0891. The predicted octanol–water partition coefficient (Wildman–Crippen LogP) is 3.20. The molecule has 158 valence electrons. The van der Waals surface area contributed by atoms with Crippen LogP contribution in [0.1, 0.15) is 71.8 Å². The summed E-state index contributed by atoms with van der Waals surface area (Å²) in [5.41, 5.74) is 4.32. The van der Waals surface area contributed by atoms with Crippen molar-refractivity contribution in [1.29, 1.82) is 0 Å². The molecule has 30 heavy (non-hydrogen) atoms. The van der Waals surface area contributed by atoms with E-state index in [4.69, 9.17) is 0 Å². The zero-order valence-electron chi connectivity index (χ0n) is 17.4. The van der Waals surface area contributed by atoms with Crippen LogP contribution in [0.15, 0.2) is 30.3 Å². The van der Waals surface area contributed by atoms with E-state index in [1.54, 1.807) is 0 Å². The number of aromatic nitrogens is 2. The van der Waals surface area contributed by atoms with Gasteiger partial charge >= 0.3 is 0 Å². The molecule has 2 aliphatic carbocycles. The molecule has 3 aliphatic rings. The summed E-state index contributed by atoms with van der Waals surface area (Å²) in [7, 11) is 0. The van der Waals surface area contributed by atoms with Crippen LogP contribution in [0.2, 0.25) is 0 Å². The summed E-state index contributed by atoms with van der Waals surface area (Å²) < 4.78 is 0. The topological polar surface area (TPSA) is 78.1 Å². The minimum Gasteiger partial charge on any atom is -0.348 e. The van der Waals surface area contributed by atoms with Crippen LogP contribution in [-0.2, 0) is 17.6 Å². The molecule has 2 fully saturated rings. The van der Waals surface area contributed by atoms with Crippen LogP contribution in [0.25, 0.3) is 0 Å². The number of carbonyl (C=O) groups excluding carboxylic acids is 2. The molecule has 0 atom stereocenters. The van der Waals surface area contributed by atoms with E-state index in [1.807, 2.05) is 6.07 Å². The third kappa shape index (κ3) is 4.13. The molecule has 2 amide bonds. The van der Waals surface area contributed by atoms with E-state index in [9.17, 15) is 9.59 Å². The summed E-state index contributed by atoms with van der Waals surface area (Å²) in [4.78, 5) is 27.7. The molecular formula is C24H30N4O2. The van der Waals surface area contributed by atoms with Gasteiger partial charge in [-0.1, -0.05) is 24.3 Å². The van der Waals surface area contributed by atoms with Crippen LogP contribution in [0.4, 0.5) is 0 Å². The largest absolute Gasteiger partial charge is 0.348 e. The number of fused-ring (bicyclic) bond motifs is 1. The first-order valence-corrected chi connectivity index (χ1v) is 11.4. The Morgan fingerprint density at radius 2 is 1.63 bits per heavy atom. The van der Waals surface area contributed by atoms with E-state index in [0.29, 0.717) is 17.5 Å². The summed E-state index contributed by atoms with van der Waals surface area (Å²) in [5.74, 6) is 0.852. The maximum atomic E-state index is 13.1. The number of carbonyl (C=O) groups is 2. The summed E-state index contributed by atoms with van der Waals surface area (Å²) in [6.07, 6.45) is 7.67. The number of hydrogen-bond acceptors (Lipinski definition) is 3. The standard InChI is InChI=1S/C24H30N4O2/c29-23(22-15-21(26-27-22)18-5-6-18)25-20-9-7-19(8-10-20)24(30)28-13-11-16-3-1-2-4-17(16)12-14-28/h1-4,15,18-20H,5-14H2,(H,25,29)(H,26,27). The Balaban J connectivity index is 1.11. The first-order chi connectivity index (χ1) is 14.7. The van der Waals surface area contributed by atoms with E-state index in [1.165, 1.54) is 24.0 Å². The molecule has 5 rings (SSSR count). The van der Waals surface area contributed by atoms with Crippen LogP contribution in [0.3, 0.4) is 0 Å². The van der Waals surface area contributed by atoms with E-state index in [2.05, 4.69) is 44.7 Å². The molecule has 0 radical (unpaired) electrons. The van der Waals surface area contributed by atoms with E-state index in [-0.39, 0.29) is 17.9 Å². The molecule has 2 N–H and O–H groups in total. The number of aromatic amines is 1. The smallest absolute Gasteiger partial charge is 0.271 e. The highest BCUT2D eigenvalue weighted by molar-refractivity contribution is 5.92. The first kappa shape index (κ1) is 19.3. The molecule has 0 saturated heterocycles. The van der Waals surface area contributed by atoms with Gasteiger partial charge in [-0.05, 0) is 68.6 Å². The number of nitrogens with zero attached hydrogens (tertiary/aromatic N) is 2. The molecule has 2 aromatic rings. The number of H-pyrrole nitrogens is 1. The number of rotatable bonds is 4. The molecule has 6 heteroatoms. The Labute approximate surface area is 177 Å². The van der Waals surface area contributed by atoms with Gasteiger partial charge in [0.25, 0.3) is 5.91 Å². The van der Waals surface area contributed by atoms with Crippen molar-refractivity contribution >= 4 is 11.8 Å². The van der Waals surface area contributed by atoms with Gasteiger partial charge in [-0.2, -0.15) is 5.10 Å². The van der Waals surface area contributed by atoms with Crippen molar-refractivity contribution in [3.05, 3.63) is 52.8 Å². The molecular weight excluding hydrogens is 376 g/mol. The van der Waals surface area contributed by atoms with Crippen molar-refractivity contribution in [3.63, 3.8) is 0 Å². The Morgan fingerprint density at radius 1 is 0.967 bits per heavy atom. The number of nitrogens with one attached hydrogen (secondary N) is 2. The zero-order chi connectivity index (χ0) is 20.5. The van der Waals surface area contributed by atoms with Gasteiger partial charge in [0.2, 0.25) is 5.91 Å². The van der Waals surface area contributed by atoms with Gasteiger partial charge < -0.3 is 10.2 Å². The number of benzene rings is 1. The fraction of sp³-hybridized carbons (Fsp3) is 0.542. The van der Waals surface area contributed by atoms with Gasteiger partial charge in [0.15, 0.2) is 0 Å². The maximum Gasteiger partial charge on any atom is 0.271 e. The minimum atomic E-state index is -0.0989. The Morgan fingerprint density at radius 3 is 2.27 bits per heavy atom. The van der Waals surface area contributed by atoms with Gasteiger partial charge in [-0.15, -0.1) is 0 Å². The fourth-order valence-corrected chi connectivity index (χ4v) is 4.95. The summed E-state index contributed by atoms with van der Waals surface area (Å²) in [6, 6.07) is 10.6. The predicted molar refractivity (Wildman–Crippen MR) is 114 cm³/mol. The van der Waals surface area contributed by atoms with Crippen molar-refractivity contribution in [2.45, 2.75) is 63.3 Å². The van der Waals surface area contributed by atoms with Gasteiger partial charge in [-0.25, -0.2) is 0 Å². The summed E-state index contributed by atoms with van der Waals surface area (Å²) >= 11 is 0. The number of amides is 2. The first-order valence-electron chi connectivity index (χ1n) is 11.4. The lowest BCUT2D eigenvalue weighted by molar-refractivity contribution is -0.136.